The highest BCUT2D eigenvalue weighted by Gasteiger charge is 2.29. The second-order valence-electron chi connectivity index (χ2n) is 2.06. The Hall–Kier alpha value is -1.92. The maximum Gasteiger partial charge on any atom is 0.512 e. The zero-order valence-corrected chi connectivity index (χ0v) is 6.01. The topological polar surface area (TPSA) is 99.4 Å². The van der Waals surface area contributed by atoms with Crippen molar-refractivity contribution in [3.63, 3.8) is 0 Å². The summed E-state index contributed by atoms with van der Waals surface area (Å²) in [4.78, 5) is 18.5. The van der Waals surface area contributed by atoms with Crippen molar-refractivity contribution in [2.75, 3.05) is 0 Å². The molecule has 0 aliphatic rings. The average molecular weight is 172 g/mol. The molecule has 0 atom stereocenters. The number of rotatable bonds is 2. The Morgan fingerprint density at radius 1 is 1.33 bits per heavy atom. The van der Waals surface area contributed by atoms with Gasteiger partial charge in [-0.2, -0.15) is 0 Å². The lowest BCUT2D eigenvalue weighted by molar-refractivity contribution is -0.433. The van der Waals surface area contributed by atoms with Crippen molar-refractivity contribution in [1.29, 1.82) is 0 Å². The number of hydrogen-bond acceptors (Lipinski definition) is 5. The molecule has 0 saturated heterocycles. The standard InChI is InChI=1S/C5H4N2O5/c1-3-2-4(6(8)9)5(12-3)7(10)11/h2H,1H3. The molecule has 1 aromatic heterocycles. The fourth-order valence-electron chi connectivity index (χ4n) is 0.750. The minimum absolute atomic E-state index is 0.147. The van der Waals surface area contributed by atoms with E-state index in [4.69, 9.17) is 0 Å². The van der Waals surface area contributed by atoms with Crippen molar-refractivity contribution in [3.8, 4) is 0 Å². The maximum absolute atomic E-state index is 10.2. The lowest BCUT2D eigenvalue weighted by atomic mass is 10.4. The van der Waals surface area contributed by atoms with Gasteiger partial charge in [0.15, 0.2) is 0 Å². The van der Waals surface area contributed by atoms with Crippen molar-refractivity contribution in [1.82, 2.24) is 0 Å². The van der Waals surface area contributed by atoms with Crippen molar-refractivity contribution < 1.29 is 14.3 Å². The van der Waals surface area contributed by atoms with Gasteiger partial charge in [0.2, 0.25) is 0 Å². The van der Waals surface area contributed by atoms with Crippen molar-refractivity contribution in [2.24, 2.45) is 0 Å². The highest BCUT2D eigenvalue weighted by atomic mass is 16.7. The van der Waals surface area contributed by atoms with E-state index in [-0.39, 0.29) is 5.76 Å². The molecule has 0 bridgehead atoms. The van der Waals surface area contributed by atoms with Gasteiger partial charge < -0.3 is 4.42 Å². The van der Waals surface area contributed by atoms with E-state index in [2.05, 4.69) is 4.42 Å². The SMILES string of the molecule is Cc1cc([N+](=O)[O-])c([N+](=O)[O-])o1. The Morgan fingerprint density at radius 3 is 2.25 bits per heavy atom. The van der Waals surface area contributed by atoms with Gasteiger partial charge in [0.1, 0.15) is 10.7 Å². The zero-order chi connectivity index (χ0) is 9.30. The largest absolute Gasteiger partial charge is 0.512 e. The molecule has 0 fully saturated rings. The first-order chi connectivity index (χ1) is 5.52. The van der Waals surface area contributed by atoms with E-state index in [0.29, 0.717) is 0 Å². The predicted octanol–water partition coefficient (Wildman–Crippen LogP) is 1.40. The number of nitrogens with zero attached hydrogens (tertiary/aromatic N) is 2. The molecule has 0 N–H and O–H groups in total. The summed E-state index contributed by atoms with van der Waals surface area (Å²) in [5, 5.41) is 20.3. The monoisotopic (exact) mass is 172 g/mol. The molecule has 64 valence electrons. The van der Waals surface area contributed by atoms with Crippen LogP contribution in [0.2, 0.25) is 0 Å². The predicted molar refractivity (Wildman–Crippen MR) is 36.8 cm³/mol. The molecular formula is C5H4N2O5. The fourth-order valence-corrected chi connectivity index (χ4v) is 0.750. The van der Waals surface area contributed by atoms with Gasteiger partial charge >= 0.3 is 11.6 Å². The van der Waals surface area contributed by atoms with E-state index in [1.54, 1.807) is 0 Å². The van der Waals surface area contributed by atoms with Crippen LogP contribution in [0.3, 0.4) is 0 Å². The normalized spacial score (nSPS) is 9.75. The van der Waals surface area contributed by atoms with Gasteiger partial charge in [0.05, 0.1) is 11.0 Å². The van der Waals surface area contributed by atoms with Crippen LogP contribution < -0.4 is 0 Å². The van der Waals surface area contributed by atoms with E-state index < -0.39 is 21.4 Å². The van der Waals surface area contributed by atoms with Crippen LogP contribution in [0.25, 0.3) is 0 Å². The van der Waals surface area contributed by atoms with Gasteiger partial charge in [0.25, 0.3) is 0 Å². The second-order valence-corrected chi connectivity index (χ2v) is 2.06. The van der Waals surface area contributed by atoms with Gasteiger partial charge in [-0.15, -0.1) is 0 Å². The summed E-state index contributed by atoms with van der Waals surface area (Å²) < 4.78 is 4.50. The molecule has 0 aromatic carbocycles. The summed E-state index contributed by atoms with van der Waals surface area (Å²) in [6.45, 7) is 1.40. The van der Waals surface area contributed by atoms with Crippen LogP contribution in [0, 0.1) is 27.2 Å². The zero-order valence-electron chi connectivity index (χ0n) is 6.01. The van der Waals surface area contributed by atoms with Crippen LogP contribution in [0.5, 0.6) is 0 Å². The Kier molecular flexibility index (Phi) is 1.78. The Labute approximate surface area is 65.9 Å². The van der Waals surface area contributed by atoms with Gasteiger partial charge in [-0.1, -0.05) is 0 Å². The molecule has 0 aliphatic carbocycles. The molecule has 0 amide bonds. The van der Waals surface area contributed by atoms with Crippen LogP contribution in [-0.4, -0.2) is 9.85 Å². The average Bonchev–Trinajstić information content (AvgIpc) is 2.31. The molecular weight excluding hydrogens is 168 g/mol. The highest BCUT2D eigenvalue weighted by Crippen LogP contribution is 2.29. The lowest BCUT2D eigenvalue weighted by Gasteiger charge is -1.83. The fraction of sp³-hybridized carbons (Fsp3) is 0.200. The minimum atomic E-state index is -0.925. The summed E-state index contributed by atoms with van der Waals surface area (Å²) >= 11 is 0. The summed E-state index contributed by atoms with van der Waals surface area (Å²) in [5.74, 6) is -0.675. The first-order valence-electron chi connectivity index (χ1n) is 2.91. The van der Waals surface area contributed by atoms with E-state index >= 15 is 0 Å². The molecule has 7 heteroatoms. The lowest BCUT2D eigenvalue weighted by Crippen LogP contribution is -1.91. The second kappa shape index (κ2) is 2.61. The van der Waals surface area contributed by atoms with E-state index in [9.17, 15) is 20.2 Å². The first-order valence-corrected chi connectivity index (χ1v) is 2.91. The molecule has 0 unspecified atom stereocenters. The third-order valence-electron chi connectivity index (χ3n) is 1.18. The van der Waals surface area contributed by atoms with Crippen LogP contribution in [0.4, 0.5) is 11.6 Å². The number of hydrogen-bond donors (Lipinski definition) is 0. The van der Waals surface area contributed by atoms with E-state index in [1.165, 1.54) is 6.92 Å². The van der Waals surface area contributed by atoms with Gasteiger partial charge in [-0.3, -0.25) is 20.2 Å². The summed E-state index contributed by atoms with van der Waals surface area (Å²) in [5.41, 5.74) is -0.613. The van der Waals surface area contributed by atoms with Crippen LogP contribution in [-0.2, 0) is 0 Å². The van der Waals surface area contributed by atoms with Gasteiger partial charge in [-0.25, -0.2) is 0 Å². The molecule has 12 heavy (non-hydrogen) atoms. The molecule has 1 heterocycles. The molecule has 7 nitrogen and oxygen atoms in total. The molecule has 1 aromatic rings. The van der Waals surface area contributed by atoms with E-state index in [0.717, 1.165) is 6.07 Å². The molecule has 0 spiro atoms. The van der Waals surface area contributed by atoms with Crippen molar-refractivity contribution >= 4 is 11.6 Å². The smallest absolute Gasteiger partial charge is 0.401 e. The van der Waals surface area contributed by atoms with Crippen LogP contribution in [0.15, 0.2) is 10.5 Å². The molecule has 0 saturated carbocycles. The number of furan rings is 1. The number of nitro groups is 2. The summed E-state index contributed by atoms with van der Waals surface area (Å²) in [7, 11) is 0. The Morgan fingerprint density at radius 2 is 1.92 bits per heavy atom. The molecule has 1 rings (SSSR count). The quantitative estimate of drug-likeness (QED) is 0.495. The molecule has 0 radical (unpaired) electrons. The first kappa shape index (κ1) is 8.18. The van der Waals surface area contributed by atoms with Crippen LogP contribution in [0.1, 0.15) is 5.76 Å². The van der Waals surface area contributed by atoms with Gasteiger partial charge in [-0.05, 0) is 6.92 Å². The summed E-state index contributed by atoms with van der Waals surface area (Å²) in [6, 6.07) is 1.01. The third kappa shape index (κ3) is 1.24. The van der Waals surface area contributed by atoms with Crippen molar-refractivity contribution in [2.45, 2.75) is 6.92 Å². The Bertz CT molecular complexity index is 310. The van der Waals surface area contributed by atoms with E-state index in [1.807, 2.05) is 0 Å². The highest BCUT2D eigenvalue weighted by molar-refractivity contribution is 5.45. The summed E-state index contributed by atoms with van der Waals surface area (Å²) in [6.07, 6.45) is 0. The third-order valence-corrected chi connectivity index (χ3v) is 1.18. The minimum Gasteiger partial charge on any atom is -0.401 e. The van der Waals surface area contributed by atoms with Crippen LogP contribution >= 0.6 is 0 Å². The molecule has 0 aliphatic heterocycles. The maximum atomic E-state index is 10.2. The Balaban J connectivity index is 3.26. The number of aryl methyl sites for hydroxylation is 1. The van der Waals surface area contributed by atoms with Gasteiger partial charge in [0, 0.05) is 0 Å². The van der Waals surface area contributed by atoms with Crippen molar-refractivity contribution in [3.05, 3.63) is 32.1 Å².